The number of anilines is 1. The van der Waals surface area contributed by atoms with E-state index in [4.69, 9.17) is 32.7 Å². The summed E-state index contributed by atoms with van der Waals surface area (Å²) in [6, 6.07) is 16.2. The Morgan fingerprint density at radius 1 is 1.06 bits per heavy atom. The summed E-state index contributed by atoms with van der Waals surface area (Å²) in [6.45, 7) is 4.41. The first-order valence-electron chi connectivity index (χ1n) is 11.0. The average Bonchev–Trinajstić information content (AvgIpc) is 2.81. The van der Waals surface area contributed by atoms with E-state index in [-0.39, 0.29) is 13.0 Å². The van der Waals surface area contributed by atoms with Gasteiger partial charge < -0.3 is 14.8 Å². The number of amides is 2. The second-order valence-electron chi connectivity index (χ2n) is 7.62. The van der Waals surface area contributed by atoms with E-state index in [2.05, 4.69) is 38.4 Å². The summed E-state index contributed by atoms with van der Waals surface area (Å²) in [4.78, 5) is 24.3. The van der Waals surface area contributed by atoms with Crippen molar-refractivity contribution < 1.29 is 19.1 Å². The van der Waals surface area contributed by atoms with E-state index in [9.17, 15) is 9.59 Å². The van der Waals surface area contributed by atoms with E-state index >= 15 is 0 Å². The molecule has 0 fully saturated rings. The Morgan fingerprint density at radius 2 is 1.83 bits per heavy atom. The Balaban J connectivity index is 1.62. The van der Waals surface area contributed by atoms with Crippen LogP contribution in [0.25, 0.3) is 0 Å². The lowest BCUT2D eigenvalue weighted by Gasteiger charge is -2.15. The summed E-state index contributed by atoms with van der Waals surface area (Å²) < 4.78 is 12.6. The van der Waals surface area contributed by atoms with Gasteiger partial charge in [-0.05, 0) is 77.9 Å². The fourth-order valence-electron chi connectivity index (χ4n) is 3.13. The number of rotatable bonds is 10. The van der Waals surface area contributed by atoms with Crippen LogP contribution >= 0.6 is 45.8 Å². The maximum absolute atomic E-state index is 12.1. The van der Waals surface area contributed by atoms with Gasteiger partial charge in [-0.3, -0.25) is 9.59 Å². The Labute approximate surface area is 233 Å². The van der Waals surface area contributed by atoms with Crippen molar-refractivity contribution in [1.29, 1.82) is 0 Å². The van der Waals surface area contributed by atoms with Crippen LogP contribution in [0.3, 0.4) is 0 Å². The second-order valence-corrected chi connectivity index (χ2v) is 9.63. The van der Waals surface area contributed by atoms with Gasteiger partial charge in [0.2, 0.25) is 11.8 Å². The van der Waals surface area contributed by atoms with Crippen LogP contribution in [0, 0.1) is 10.5 Å². The molecule has 0 aromatic heterocycles. The molecule has 3 rings (SSSR count). The molecule has 3 aromatic rings. The molecular weight excluding hydrogens is 616 g/mol. The Hall–Kier alpha value is -2.82. The molecule has 0 aliphatic heterocycles. The lowest BCUT2D eigenvalue weighted by Crippen LogP contribution is -2.24. The predicted molar refractivity (Wildman–Crippen MR) is 151 cm³/mol. The van der Waals surface area contributed by atoms with Crippen molar-refractivity contribution in [3.05, 3.63) is 84.9 Å². The molecule has 0 atom stereocenters. The highest BCUT2D eigenvalue weighted by Gasteiger charge is 2.14. The minimum Gasteiger partial charge on any atom is -0.490 e. The van der Waals surface area contributed by atoms with Crippen LogP contribution in [-0.4, -0.2) is 24.6 Å². The van der Waals surface area contributed by atoms with Gasteiger partial charge in [-0.1, -0.05) is 47.5 Å². The van der Waals surface area contributed by atoms with Gasteiger partial charge in [0, 0.05) is 21.3 Å². The summed E-state index contributed by atoms with van der Waals surface area (Å²) in [5.74, 6) is 0.140. The lowest BCUT2D eigenvalue weighted by atomic mass is 10.2. The number of nitrogens with zero attached hydrogens (tertiary/aromatic N) is 1. The molecule has 3 aromatic carbocycles. The highest BCUT2D eigenvalue weighted by molar-refractivity contribution is 14.1. The van der Waals surface area contributed by atoms with Gasteiger partial charge in [-0.15, -0.1) is 0 Å². The number of aryl methyl sites for hydroxylation is 1. The van der Waals surface area contributed by atoms with Crippen LogP contribution in [0.5, 0.6) is 11.5 Å². The maximum Gasteiger partial charge on any atom is 0.249 e. The summed E-state index contributed by atoms with van der Waals surface area (Å²) in [7, 11) is 0. The molecule has 0 saturated carbocycles. The maximum atomic E-state index is 12.1. The predicted octanol–water partition coefficient (Wildman–Crippen LogP) is 6.36. The quantitative estimate of drug-likeness (QED) is 0.117. The van der Waals surface area contributed by atoms with E-state index < -0.39 is 11.8 Å². The van der Waals surface area contributed by atoms with Crippen molar-refractivity contribution in [3.63, 3.8) is 0 Å². The van der Waals surface area contributed by atoms with E-state index in [0.717, 1.165) is 14.7 Å². The van der Waals surface area contributed by atoms with Crippen LogP contribution in [0.4, 0.5) is 5.69 Å². The number of hydrogen-bond donors (Lipinski definition) is 2. The van der Waals surface area contributed by atoms with Gasteiger partial charge in [0.1, 0.15) is 13.0 Å². The van der Waals surface area contributed by atoms with Crippen LogP contribution in [0.2, 0.25) is 10.0 Å². The number of ether oxygens (including phenoxy) is 2. The van der Waals surface area contributed by atoms with Crippen molar-refractivity contribution in [2.45, 2.75) is 26.9 Å². The first-order valence-corrected chi connectivity index (χ1v) is 12.8. The van der Waals surface area contributed by atoms with E-state index in [1.807, 2.05) is 44.2 Å². The largest absolute Gasteiger partial charge is 0.490 e. The smallest absolute Gasteiger partial charge is 0.249 e. The van der Waals surface area contributed by atoms with Gasteiger partial charge in [-0.2, -0.15) is 5.10 Å². The molecule has 0 aliphatic carbocycles. The number of halogens is 3. The normalized spacial score (nSPS) is 10.8. The molecule has 7 nitrogen and oxygen atoms in total. The highest BCUT2D eigenvalue weighted by atomic mass is 127. The molecule has 36 heavy (non-hydrogen) atoms. The van der Waals surface area contributed by atoms with Crippen molar-refractivity contribution in [1.82, 2.24) is 5.43 Å². The monoisotopic (exact) mass is 639 g/mol. The summed E-state index contributed by atoms with van der Waals surface area (Å²) in [5.41, 5.74) is 5.42. The highest BCUT2D eigenvalue weighted by Crippen LogP contribution is 2.35. The van der Waals surface area contributed by atoms with Gasteiger partial charge in [0.25, 0.3) is 0 Å². The molecule has 188 valence electrons. The molecule has 2 N–H and O–H groups in total. The molecule has 0 bridgehead atoms. The first kappa shape index (κ1) is 27.8. The van der Waals surface area contributed by atoms with Crippen LogP contribution in [-0.2, 0) is 16.2 Å². The third kappa shape index (κ3) is 8.11. The fourth-order valence-corrected chi connectivity index (χ4v) is 4.37. The number of nitrogens with one attached hydrogen (secondary N) is 2. The molecule has 2 amide bonds. The molecule has 10 heteroatoms. The van der Waals surface area contributed by atoms with Gasteiger partial charge in [0.05, 0.1) is 16.4 Å². The summed E-state index contributed by atoms with van der Waals surface area (Å²) in [5, 5.41) is 7.75. The molecule has 0 unspecified atom stereocenters. The second kappa shape index (κ2) is 13.5. The van der Waals surface area contributed by atoms with Crippen LogP contribution < -0.4 is 20.2 Å². The zero-order valence-electron chi connectivity index (χ0n) is 19.6. The van der Waals surface area contributed by atoms with Gasteiger partial charge in [-0.25, -0.2) is 5.43 Å². The van der Waals surface area contributed by atoms with E-state index in [1.165, 1.54) is 6.21 Å². The van der Waals surface area contributed by atoms with Crippen molar-refractivity contribution in [3.8, 4) is 11.5 Å². The number of carbonyl (C=O) groups excluding carboxylic acids is 2. The Morgan fingerprint density at radius 3 is 2.56 bits per heavy atom. The number of para-hydroxylation sites is 1. The molecular formula is C26H24Cl2IN3O4. The minimum absolute atomic E-state index is 0.236. The fraction of sp³-hybridized carbons (Fsp3) is 0.192. The Kier molecular flexibility index (Phi) is 10.4. The topological polar surface area (TPSA) is 89.0 Å². The molecule has 0 heterocycles. The zero-order chi connectivity index (χ0) is 26.1. The van der Waals surface area contributed by atoms with Crippen molar-refractivity contribution in [2.75, 3.05) is 11.9 Å². The lowest BCUT2D eigenvalue weighted by molar-refractivity contribution is -0.126. The first-order chi connectivity index (χ1) is 17.3. The molecule has 0 aliphatic rings. The van der Waals surface area contributed by atoms with E-state index in [1.54, 1.807) is 24.3 Å². The molecule has 0 saturated heterocycles. The van der Waals surface area contributed by atoms with Crippen LogP contribution in [0.1, 0.15) is 30.0 Å². The van der Waals surface area contributed by atoms with Gasteiger partial charge >= 0.3 is 0 Å². The zero-order valence-corrected chi connectivity index (χ0v) is 23.3. The third-order valence-corrected chi connectivity index (χ3v) is 6.25. The number of hydrazone groups is 1. The van der Waals surface area contributed by atoms with Gasteiger partial charge in [0.15, 0.2) is 11.5 Å². The standard InChI is InChI=1S/C26H24Cl2IN3O4/c1-3-35-23-11-17(10-21(29)26(23)36-15-18-8-9-19(27)12-20(18)28)14-30-32-25(34)13-24(33)31-22-7-5-4-6-16(22)2/h4-12,14H,3,13,15H2,1-2H3,(H,31,33)(H,32,34). The van der Waals surface area contributed by atoms with E-state index in [0.29, 0.717) is 39.4 Å². The minimum atomic E-state index is -0.531. The molecule has 0 spiro atoms. The third-order valence-electron chi connectivity index (χ3n) is 4.86. The Bertz CT molecular complexity index is 1280. The summed E-state index contributed by atoms with van der Waals surface area (Å²) in [6.07, 6.45) is 1.12. The SMILES string of the molecule is CCOc1cc(C=NNC(=O)CC(=O)Nc2ccccc2C)cc(I)c1OCc1ccc(Cl)cc1Cl. The van der Waals surface area contributed by atoms with Crippen molar-refractivity contribution >= 4 is 69.5 Å². The number of hydrogen-bond acceptors (Lipinski definition) is 5. The molecule has 0 radical (unpaired) electrons. The average molecular weight is 640 g/mol. The summed E-state index contributed by atoms with van der Waals surface area (Å²) >= 11 is 14.4. The van der Waals surface area contributed by atoms with Crippen molar-refractivity contribution in [2.24, 2.45) is 5.10 Å². The number of benzene rings is 3. The van der Waals surface area contributed by atoms with Crippen LogP contribution in [0.15, 0.2) is 59.7 Å². The number of carbonyl (C=O) groups is 2.